The fraction of sp³-hybridized carbons (Fsp3) is 0.333. The van der Waals surface area contributed by atoms with Crippen molar-refractivity contribution in [3.05, 3.63) is 58.5 Å². The molecule has 1 aliphatic rings. The molecule has 1 aliphatic heterocycles. The summed E-state index contributed by atoms with van der Waals surface area (Å²) < 4.78 is 1.44. The molecule has 2 aromatic rings. The first-order valence-electron chi connectivity index (χ1n) is 7.76. The van der Waals surface area contributed by atoms with Crippen LogP contribution < -0.4 is 15.4 Å². The van der Waals surface area contributed by atoms with Crippen LogP contribution in [-0.2, 0) is 7.05 Å². The molecule has 0 unspecified atom stereocenters. The van der Waals surface area contributed by atoms with Crippen LogP contribution in [0.15, 0.2) is 47.4 Å². The van der Waals surface area contributed by atoms with E-state index in [-0.39, 0.29) is 11.5 Å². The highest BCUT2D eigenvalue weighted by Gasteiger charge is 2.27. The monoisotopic (exact) mass is 311 g/mol. The number of fused-ring (bicyclic) bond motifs is 1. The number of para-hydroxylation sites is 2. The molecule has 1 aromatic carbocycles. The molecule has 1 amide bonds. The predicted molar refractivity (Wildman–Crippen MR) is 92.2 cm³/mol. The van der Waals surface area contributed by atoms with Crippen molar-refractivity contribution >= 4 is 17.3 Å². The van der Waals surface area contributed by atoms with Crippen LogP contribution in [0.1, 0.15) is 17.3 Å². The van der Waals surface area contributed by atoms with E-state index >= 15 is 0 Å². The number of hydrogen-bond acceptors (Lipinski definition) is 3. The van der Waals surface area contributed by atoms with Crippen molar-refractivity contribution in [3.8, 4) is 0 Å². The van der Waals surface area contributed by atoms with Crippen LogP contribution in [-0.4, -0.2) is 30.6 Å². The van der Waals surface area contributed by atoms with Gasteiger partial charge in [-0.15, -0.1) is 0 Å². The van der Waals surface area contributed by atoms with E-state index in [1.165, 1.54) is 10.6 Å². The summed E-state index contributed by atoms with van der Waals surface area (Å²) in [6.45, 7) is 3.69. The molecule has 1 atom stereocenters. The van der Waals surface area contributed by atoms with Crippen molar-refractivity contribution in [2.45, 2.75) is 6.92 Å². The lowest BCUT2D eigenvalue weighted by atomic mass is 10.1. The summed E-state index contributed by atoms with van der Waals surface area (Å²) in [5, 5.41) is 0. The fourth-order valence-corrected chi connectivity index (χ4v) is 3.12. The molecule has 0 saturated heterocycles. The minimum absolute atomic E-state index is 0.0739. The zero-order valence-corrected chi connectivity index (χ0v) is 13.7. The molecule has 2 heterocycles. The Morgan fingerprint density at radius 2 is 1.74 bits per heavy atom. The molecule has 0 bridgehead atoms. The molecular weight excluding hydrogens is 290 g/mol. The molecule has 0 spiro atoms. The molecule has 5 heteroatoms. The van der Waals surface area contributed by atoms with Gasteiger partial charge in [-0.2, -0.15) is 0 Å². The summed E-state index contributed by atoms with van der Waals surface area (Å²) in [5.74, 6) is 0.277. The Balaban J connectivity index is 2.06. The number of aryl methyl sites for hydroxylation is 1. The Kier molecular flexibility index (Phi) is 3.94. The number of carbonyl (C=O) groups is 1. The first-order valence-corrected chi connectivity index (χ1v) is 7.76. The average Bonchev–Trinajstić information content (AvgIpc) is 2.66. The third-order valence-corrected chi connectivity index (χ3v) is 4.24. The molecule has 0 fully saturated rings. The topological polar surface area (TPSA) is 45.6 Å². The number of hydrogen-bond donors (Lipinski definition) is 0. The molecule has 0 radical (unpaired) electrons. The van der Waals surface area contributed by atoms with Gasteiger partial charge >= 0.3 is 0 Å². The van der Waals surface area contributed by atoms with Gasteiger partial charge in [-0.25, -0.2) is 0 Å². The highest BCUT2D eigenvalue weighted by molar-refractivity contribution is 6.07. The number of rotatable bonds is 1. The van der Waals surface area contributed by atoms with Gasteiger partial charge in [-0.1, -0.05) is 19.1 Å². The summed E-state index contributed by atoms with van der Waals surface area (Å²) in [6.07, 6.45) is 1.60. The maximum atomic E-state index is 13.0. The summed E-state index contributed by atoms with van der Waals surface area (Å²) in [6, 6.07) is 11.0. The number of nitrogens with zero attached hydrogens (tertiary/aromatic N) is 3. The summed E-state index contributed by atoms with van der Waals surface area (Å²) in [4.78, 5) is 28.6. The van der Waals surface area contributed by atoms with E-state index in [4.69, 9.17) is 0 Å². The molecule has 5 nitrogen and oxygen atoms in total. The van der Waals surface area contributed by atoms with E-state index in [0.717, 1.165) is 17.9 Å². The van der Waals surface area contributed by atoms with E-state index in [9.17, 15) is 9.59 Å². The predicted octanol–water partition coefficient (Wildman–Crippen LogP) is 2.12. The van der Waals surface area contributed by atoms with Crippen molar-refractivity contribution in [2.75, 3.05) is 29.9 Å². The number of benzene rings is 1. The van der Waals surface area contributed by atoms with Gasteiger partial charge in [0, 0.05) is 39.4 Å². The summed E-state index contributed by atoms with van der Waals surface area (Å²) >= 11 is 0. The van der Waals surface area contributed by atoms with E-state index in [1.54, 1.807) is 19.3 Å². The lowest BCUT2D eigenvalue weighted by molar-refractivity contribution is 0.0983. The third kappa shape index (κ3) is 2.86. The smallest absolute Gasteiger partial charge is 0.259 e. The molecule has 23 heavy (non-hydrogen) atoms. The number of anilines is 2. The van der Waals surface area contributed by atoms with Crippen molar-refractivity contribution in [1.82, 2.24) is 4.57 Å². The maximum absolute atomic E-state index is 13.0. The highest BCUT2D eigenvalue weighted by atomic mass is 16.2. The van der Waals surface area contributed by atoms with E-state index < -0.39 is 0 Å². The molecular formula is C18H21N3O2. The molecule has 0 N–H and O–H groups in total. The second-order valence-electron chi connectivity index (χ2n) is 6.26. The first-order chi connectivity index (χ1) is 11.0. The fourth-order valence-electron chi connectivity index (χ4n) is 3.12. The Morgan fingerprint density at radius 3 is 2.43 bits per heavy atom. The minimum Gasteiger partial charge on any atom is -0.373 e. The van der Waals surface area contributed by atoms with Crippen LogP contribution in [0.2, 0.25) is 0 Å². The number of aromatic nitrogens is 1. The lowest BCUT2D eigenvalue weighted by Crippen LogP contribution is -2.35. The number of amides is 1. The SMILES string of the molecule is C[C@H]1CN(C)c2ccccc2N(C(=O)c2ccc(=O)n(C)c2)C1. The van der Waals surface area contributed by atoms with E-state index in [0.29, 0.717) is 18.0 Å². The molecule has 0 aliphatic carbocycles. The van der Waals surface area contributed by atoms with Crippen molar-refractivity contribution in [1.29, 1.82) is 0 Å². The standard InChI is InChI=1S/C18H21N3O2/c1-13-10-19(2)15-6-4-5-7-16(15)21(11-13)18(23)14-8-9-17(22)20(3)12-14/h4-9,12-13H,10-11H2,1-3H3/t13-/m0/s1. The number of pyridine rings is 1. The van der Waals surface area contributed by atoms with Crippen molar-refractivity contribution in [2.24, 2.45) is 13.0 Å². The molecule has 1 aromatic heterocycles. The van der Waals surface area contributed by atoms with Crippen LogP contribution in [0.4, 0.5) is 11.4 Å². The number of carbonyl (C=O) groups excluding carboxylic acids is 1. The average molecular weight is 311 g/mol. The van der Waals surface area contributed by atoms with Crippen molar-refractivity contribution in [3.63, 3.8) is 0 Å². The lowest BCUT2D eigenvalue weighted by Gasteiger charge is -2.24. The quantitative estimate of drug-likeness (QED) is 0.810. The third-order valence-electron chi connectivity index (χ3n) is 4.24. The van der Waals surface area contributed by atoms with Gasteiger partial charge in [0.2, 0.25) is 5.56 Å². The zero-order chi connectivity index (χ0) is 16.6. The van der Waals surface area contributed by atoms with E-state index in [1.807, 2.05) is 29.2 Å². The Hall–Kier alpha value is -2.56. The van der Waals surface area contributed by atoms with Gasteiger partial charge < -0.3 is 14.4 Å². The Morgan fingerprint density at radius 1 is 1.04 bits per heavy atom. The normalized spacial score (nSPS) is 17.6. The summed E-state index contributed by atoms with van der Waals surface area (Å²) in [7, 11) is 3.71. The van der Waals surface area contributed by atoms with Crippen molar-refractivity contribution < 1.29 is 4.79 Å². The second-order valence-corrected chi connectivity index (χ2v) is 6.26. The Labute approximate surface area is 135 Å². The van der Waals surface area contributed by atoms with Crippen LogP contribution in [0.25, 0.3) is 0 Å². The molecule has 3 rings (SSSR count). The van der Waals surface area contributed by atoms with Crippen LogP contribution in [0.5, 0.6) is 0 Å². The van der Waals surface area contributed by atoms with Gasteiger partial charge in [0.1, 0.15) is 0 Å². The second kappa shape index (κ2) is 5.91. The minimum atomic E-state index is -0.120. The van der Waals surface area contributed by atoms with E-state index in [2.05, 4.69) is 18.9 Å². The van der Waals surface area contributed by atoms with Gasteiger partial charge in [-0.05, 0) is 24.1 Å². The molecule has 120 valence electrons. The highest BCUT2D eigenvalue weighted by Crippen LogP contribution is 2.33. The first kappa shape index (κ1) is 15.3. The maximum Gasteiger partial charge on any atom is 0.259 e. The Bertz CT molecular complexity index is 797. The molecule has 0 saturated carbocycles. The van der Waals surface area contributed by atoms with Crippen LogP contribution in [0, 0.1) is 5.92 Å². The summed E-state index contributed by atoms with van der Waals surface area (Å²) in [5.41, 5.74) is 2.37. The zero-order valence-electron chi connectivity index (χ0n) is 13.7. The van der Waals surface area contributed by atoms with Gasteiger partial charge in [-0.3, -0.25) is 9.59 Å². The van der Waals surface area contributed by atoms with Gasteiger partial charge in [0.15, 0.2) is 0 Å². The largest absolute Gasteiger partial charge is 0.373 e. The van der Waals surface area contributed by atoms with Gasteiger partial charge in [0.05, 0.1) is 16.9 Å². The van der Waals surface area contributed by atoms with Gasteiger partial charge in [0.25, 0.3) is 5.91 Å². The van der Waals surface area contributed by atoms with Crippen LogP contribution in [0.3, 0.4) is 0 Å². The van der Waals surface area contributed by atoms with Crippen LogP contribution >= 0.6 is 0 Å².